The van der Waals surface area contributed by atoms with E-state index in [2.05, 4.69) is 9.97 Å². The Labute approximate surface area is 229 Å². The Kier molecular flexibility index (Phi) is 7.60. The Hall–Kier alpha value is -3.87. The molecule has 10 nitrogen and oxygen atoms in total. The van der Waals surface area contributed by atoms with E-state index in [-0.39, 0.29) is 37.6 Å². The van der Waals surface area contributed by atoms with Crippen LogP contribution in [-0.2, 0) is 30.6 Å². The van der Waals surface area contributed by atoms with Crippen LogP contribution < -0.4 is 5.48 Å². The SMILES string of the molecule is O=C(CC1(c2ccc(-c3ccc(-c4cnco4)cc3)s2)CCN(C(=O)Cc2ccncc2)CCS1(=O)=O)NO. The summed E-state index contributed by atoms with van der Waals surface area (Å²) in [7, 11) is -3.91. The van der Waals surface area contributed by atoms with E-state index in [0.717, 1.165) is 21.6 Å². The molecule has 4 heterocycles. The minimum absolute atomic E-state index is 0.0230. The van der Waals surface area contributed by atoms with Gasteiger partial charge in [-0.3, -0.25) is 19.8 Å². The maximum atomic E-state index is 13.8. The van der Waals surface area contributed by atoms with E-state index in [9.17, 15) is 23.2 Å². The van der Waals surface area contributed by atoms with Crippen LogP contribution in [0, 0.1) is 0 Å². The lowest BCUT2D eigenvalue weighted by Gasteiger charge is -2.30. The number of pyridine rings is 1. The minimum atomic E-state index is -3.91. The van der Waals surface area contributed by atoms with Crippen LogP contribution in [0.15, 0.2) is 77.9 Å². The Balaban J connectivity index is 1.44. The summed E-state index contributed by atoms with van der Waals surface area (Å²) in [6.07, 6.45) is 5.88. The number of hydrogen-bond acceptors (Lipinski definition) is 9. The Morgan fingerprint density at radius 3 is 2.46 bits per heavy atom. The summed E-state index contributed by atoms with van der Waals surface area (Å²) >= 11 is 1.28. The van der Waals surface area contributed by atoms with Gasteiger partial charge < -0.3 is 9.32 Å². The van der Waals surface area contributed by atoms with Crippen molar-refractivity contribution in [2.45, 2.75) is 24.0 Å². The van der Waals surface area contributed by atoms with Gasteiger partial charge in [0.05, 0.1) is 24.8 Å². The van der Waals surface area contributed by atoms with Crippen molar-refractivity contribution in [3.05, 3.63) is 84.0 Å². The third kappa shape index (κ3) is 5.49. The summed E-state index contributed by atoms with van der Waals surface area (Å²) in [5, 5.41) is 9.29. The molecule has 0 radical (unpaired) electrons. The zero-order valence-electron chi connectivity index (χ0n) is 20.8. The van der Waals surface area contributed by atoms with Crippen LogP contribution in [-0.4, -0.2) is 59.1 Å². The molecule has 1 aliphatic heterocycles. The van der Waals surface area contributed by atoms with E-state index >= 15 is 0 Å². The van der Waals surface area contributed by atoms with Crippen LogP contribution in [0.25, 0.3) is 21.8 Å². The molecule has 1 aromatic carbocycles. The zero-order valence-corrected chi connectivity index (χ0v) is 22.5. The molecular formula is C27H26N4O6S2. The fourth-order valence-electron chi connectivity index (χ4n) is 4.80. The predicted octanol–water partition coefficient (Wildman–Crippen LogP) is 3.45. The average Bonchev–Trinajstić information content (AvgIpc) is 3.64. The largest absolute Gasteiger partial charge is 0.444 e. The van der Waals surface area contributed by atoms with Crippen molar-refractivity contribution in [2.75, 3.05) is 18.8 Å². The smallest absolute Gasteiger partial charge is 0.245 e. The highest BCUT2D eigenvalue weighted by atomic mass is 32.2. The van der Waals surface area contributed by atoms with Crippen LogP contribution in [0.2, 0.25) is 0 Å². The number of nitrogens with one attached hydrogen (secondary N) is 1. The molecule has 3 aromatic heterocycles. The van der Waals surface area contributed by atoms with Gasteiger partial charge in [-0.2, -0.15) is 0 Å². The summed E-state index contributed by atoms with van der Waals surface area (Å²) in [5.41, 5.74) is 4.10. The van der Waals surface area contributed by atoms with Gasteiger partial charge in [0.2, 0.25) is 11.8 Å². The molecule has 0 spiro atoms. The Bertz CT molecular complexity index is 1550. The zero-order chi connectivity index (χ0) is 27.5. The molecule has 1 fully saturated rings. The Morgan fingerprint density at radius 2 is 1.77 bits per heavy atom. The molecule has 2 N–H and O–H groups in total. The van der Waals surface area contributed by atoms with Crippen molar-refractivity contribution in [1.82, 2.24) is 20.3 Å². The van der Waals surface area contributed by atoms with Crippen LogP contribution in [0.1, 0.15) is 23.3 Å². The number of aromatic nitrogens is 2. The van der Waals surface area contributed by atoms with Gasteiger partial charge in [-0.1, -0.05) is 24.3 Å². The lowest BCUT2D eigenvalue weighted by atomic mass is 9.97. The predicted molar refractivity (Wildman–Crippen MR) is 144 cm³/mol. The molecule has 0 saturated carbocycles. The highest BCUT2D eigenvalue weighted by Crippen LogP contribution is 2.45. The molecule has 1 unspecified atom stereocenters. The van der Waals surface area contributed by atoms with Crippen LogP contribution >= 0.6 is 11.3 Å². The Morgan fingerprint density at radius 1 is 1.03 bits per heavy atom. The van der Waals surface area contributed by atoms with E-state index < -0.39 is 26.9 Å². The lowest BCUT2D eigenvalue weighted by Crippen LogP contribution is -2.41. The van der Waals surface area contributed by atoms with Gasteiger partial charge in [-0.05, 0) is 41.8 Å². The first-order valence-corrected chi connectivity index (χ1v) is 14.7. The number of oxazole rings is 1. The van der Waals surface area contributed by atoms with Crippen molar-refractivity contribution in [3.8, 4) is 21.8 Å². The maximum Gasteiger partial charge on any atom is 0.245 e. The number of sulfone groups is 1. The lowest BCUT2D eigenvalue weighted by molar-refractivity contribution is -0.130. The molecule has 1 saturated heterocycles. The van der Waals surface area contributed by atoms with Gasteiger partial charge in [0.1, 0.15) is 4.75 Å². The van der Waals surface area contributed by atoms with Gasteiger partial charge in [0.25, 0.3) is 0 Å². The highest BCUT2D eigenvalue weighted by Gasteiger charge is 2.49. The van der Waals surface area contributed by atoms with Crippen LogP contribution in [0.4, 0.5) is 0 Å². The maximum absolute atomic E-state index is 13.8. The summed E-state index contributed by atoms with van der Waals surface area (Å²) < 4.78 is 31.4. The summed E-state index contributed by atoms with van der Waals surface area (Å²) in [6.45, 7) is 0.178. The van der Waals surface area contributed by atoms with E-state index in [0.29, 0.717) is 10.6 Å². The fraction of sp³-hybridized carbons (Fsp3) is 0.259. The van der Waals surface area contributed by atoms with E-state index in [1.54, 1.807) is 42.3 Å². The normalized spacial score (nSPS) is 18.8. The van der Waals surface area contributed by atoms with Gasteiger partial charge >= 0.3 is 0 Å². The number of rotatable bonds is 7. The number of hydroxylamine groups is 1. The third-order valence-electron chi connectivity index (χ3n) is 6.98. The molecule has 4 aromatic rings. The first-order valence-electron chi connectivity index (χ1n) is 12.2. The molecule has 39 heavy (non-hydrogen) atoms. The van der Waals surface area contributed by atoms with Crippen LogP contribution in [0.5, 0.6) is 0 Å². The van der Waals surface area contributed by atoms with E-state index in [4.69, 9.17) is 4.42 Å². The summed E-state index contributed by atoms with van der Waals surface area (Å²) in [4.78, 5) is 36.2. The number of hydrogen-bond donors (Lipinski definition) is 2. The minimum Gasteiger partial charge on any atom is -0.444 e. The molecule has 5 rings (SSSR count). The highest BCUT2D eigenvalue weighted by molar-refractivity contribution is 7.92. The number of carbonyl (C=O) groups excluding carboxylic acids is 2. The third-order valence-corrected chi connectivity index (χ3v) is 10.9. The molecular weight excluding hydrogens is 540 g/mol. The van der Waals surface area contributed by atoms with Gasteiger partial charge in [-0.15, -0.1) is 11.3 Å². The van der Waals surface area contributed by atoms with E-state index in [1.807, 2.05) is 30.3 Å². The number of carbonyl (C=O) groups is 2. The first kappa shape index (κ1) is 26.7. The number of nitrogens with zero attached hydrogens (tertiary/aromatic N) is 3. The van der Waals surface area contributed by atoms with Gasteiger partial charge in [0.15, 0.2) is 22.0 Å². The summed E-state index contributed by atoms with van der Waals surface area (Å²) in [6, 6.07) is 14.6. The standard InChI is InChI=1S/C27H26N4O6S2/c32-25(30-34)16-27(9-12-31(13-14-39(27,35)36)26(33)15-19-7-10-28-11-8-19)24-6-5-23(38-24)21-3-1-20(2-4-21)22-17-29-18-37-22/h1-8,10-11,17-18,34H,9,12-16H2,(H,30,32). The second kappa shape index (κ2) is 11.1. The van der Waals surface area contributed by atoms with Gasteiger partial charge in [0, 0.05) is 40.8 Å². The molecule has 1 atom stereocenters. The van der Waals surface area contributed by atoms with Crippen molar-refractivity contribution in [1.29, 1.82) is 0 Å². The fourth-order valence-corrected chi connectivity index (χ4v) is 8.41. The second-order valence-corrected chi connectivity index (χ2v) is 12.8. The first-order chi connectivity index (χ1) is 18.8. The molecule has 0 aliphatic carbocycles. The van der Waals surface area contributed by atoms with Crippen molar-refractivity contribution >= 4 is 33.0 Å². The van der Waals surface area contributed by atoms with Crippen molar-refractivity contribution in [2.24, 2.45) is 0 Å². The topological polar surface area (TPSA) is 143 Å². The molecule has 12 heteroatoms. The average molecular weight is 567 g/mol. The van der Waals surface area contributed by atoms with E-state index in [1.165, 1.54) is 22.6 Å². The van der Waals surface area contributed by atoms with Crippen molar-refractivity contribution < 1.29 is 27.6 Å². The van der Waals surface area contributed by atoms with Gasteiger partial charge in [-0.25, -0.2) is 18.9 Å². The molecule has 1 aliphatic rings. The summed E-state index contributed by atoms with van der Waals surface area (Å²) in [5.74, 6) is -0.665. The molecule has 2 amide bonds. The second-order valence-electron chi connectivity index (χ2n) is 9.29. The van der Waals surface area contributed by atoms with Crippen LogP contribution in [0.3, 0.4) is 0 Å². The number of thiophene rings is 1. The number of benzene rings is 1. The van der Waals surface area contributed by atoms with Crippen molar-refractivity contribution in [3.63, 3.8) is 0 Å². The molecule has 202 valence electrons. The number of amides is 2. The molecule has 0 bridgehead atoms. The quantitative estimate of drug-likeness (QED) is 0.256. The monoisotopic (exact) mass is 566 g/mol.